The molecule has 26 heavy (non-hydrogen) atoms. The highest BCUT2D eigenvalue weighted by molar-refractivity contribution is 6.32. The monoisotopic (exact) mass is 360 g/mol. The molecule has 1 aromatic heterocycles. The van der Waals surface area contributed by atoms with E-state index in [2.05, 4.69) is 52.0 Å². The quantitative estimate of drug-likeness (QED) is 0.407. The first-order valence-electron chi connectivity index (χ1n) is 8.29. The third-order valence-electron chi connectivity index (χ3n) is 4.27. The Kier molecular flexibility index (Phi) is 4.46. The van der Waals surface area contributed by atoms with E-state index >= 15 is 0 Å². The van der Waals surface area contributed by atoms with Gasteiger partial charge in [0.1, 0.15) is 5.75 Å². The van der Waals surface area contributed by atoms with Gasteiger partial charge in [0, 0.05) is 11.9 Å². The number of aliphatic imine (C=N–C) groups is 1. The molecular formula is C22H17ClN2O. The minimum Gasteiger partial charge on any atom is -0.495 e. The Morgan fingerprint density at radius 3 is 2.58 bits per heavy atom. The van der Waals surface area contributed by atoms with Crippen LogP contribution in [0.15, 0.2) is 84.0 Å². The molecule has 4 rings (SSSR count). The van der Waals surface area contributed by atoms with Crippen molar-refractivity contribution in [2.45, 2.75) is 0 Å². The molecule has 0 saturated carbocycles. The predicted molar refractivity (Wildman–Crippen MR) is 109 cm³/mol. The summed E-state index contributed by atoms with van der Waals surface area (Å²) in [5.74, 6) is 0.644. The van der Waals surface area contributed by atoms with Crippen LogP contribution in [-0.2, 0) is 0 Å². The van der Waals surface area contributed by atoms with Crippen LogP contribution in [0.4, 0.5) is 5.69 Å². The van der Waals surface area contributed by atoms with Gasteiger partial charge in [-0.2, -0.15) is 0 Å². The number of methoxy groups -OCH3 is 1. The molecule has 1 heterocycles. The van der Waals surface area contributed by atoms with E-state index in [1.165, 1.54) is 10.8 Å². The molecule has 0 radical (unpaired) electrons. The summed E-state index contributed by atoms with van der Waals surface area (Å²) >= 11 is 6.17. The maximum atomic E-state index is 6.17. The summed E-state index contributed by atoms with van der Waals surface area (Å²) in [5.41, 5.74) is 2.87. The summed E-state index contributed by atoms with van der Waals surface area (Å²) in [6.07, 6.45) is 3.87. The maximum absolute atomic E-state index is 6.17. The summed E-state index contributed by atoms with van der Waals surface area (Å²) in [7, 11) is 1.60. The van der Waals surface area contributed by atoms with Crippen LogP contribution in [0.2, 0.25) is 5.02 Å². The van der Waals surface area contributed by atoms with E-state index in [1.807, 2.05) is 36.7 Å². The Hall–Kier alpha value is -3.04. The lowest BCUT2D eigenvalue weighted by Gasteiger charge is -2.08. The van der Waals surface area contributed by atoms with Crippen LogP contribution in [0.1, 0.15) is 5.69 Å². The number of nitrogens with zero attached hydrogens (tertiary/aromatic N) is 2. The molecule has 0 aliphatic carbocycles. The summed E-state index contributed by atoms with van der Waals surface area (Å²) < 4.78 is 7.29. The molecule has 0 aliphatic heterocycles. The Balaban J connectivity index is 1.67. The van der Waals surface area contributed by atoms with Gasteiger partial charge in [-0.15, -0.1) is 0 Å². The van der Waals surface area contributed by atoms with Crippen molar-refractivity contribution < 1.29 is 4.74 Å². The van der Waals surface area contributed by atoms with Crippen molar-refractivity contribution in [2.75, 3.05) is 7.11 Å². The largest absolute Gasteiger partial charge is 0.495 e. The zero-order valence-electron chi connectivity index (χ0n) is 14.3. The van der Waals surface area contributed by atoms with Crippen molar-refractivity contribution in [1.82, 2.24) is 4.57 Å². The van der Waals surface area contributed by atoms with Crippen LogP contribution < -0.4 is 4.74 Å². The number of ether oxygens (including phenoxy) is 1. The normalized spacial score (nSPS) is 11.3. The summed E-state index contributed by atoms with van der Waals surface area (Å²) in [6, 6.07) is 24.3. The number of halogens is 1. The minimum atomic E-state index is 0.548. The molecule has 0 atom stereocenters. The topological polar surface area (TPSA) is 26.5 Å². The van der Waals surface area contributed by atoms with Gasteiger partial charge in [-0.05, 0) is 53.2 Å². The second-order valence-corrected chi connectivity index (χ2v) is 6.32. The molecule has 0 saturated heterocycles. The van der Waals surface area contributed by atoms with E-state index in [-0.39, 0.29) is 0 Å². The summed E-state index contributed by atoms with van der Waals surface area (Å²) in [4.78, 5) is 4.55. The van der Waals surface area contributed by atoms with Crippen molar-refractivity contribution in [1.29, 1.82) is 0 Å². The van der Waals surface area contributed by atoms with Gasteiger partial charge in [0.25, 0.3) is 0 Å². The lowest BCUT2D eigenvalue weighted by molar-refractivity contribution is 0.415. The third-order valence-corrected chi connectivity index (χ3v) is 4.57. The average molecular weight is 361 g/mol. The van der Waals surface area contributed by atoms with Gasteiger partial charge >= 0.3 is 0 Å². The Morgan fingerprint density at radius 2 is 1.77 bits per heavy atom. The molecule has 0 unspecified atom stereocenters. The fourth-order valence-electron chi connectivity index (χ4n) is 2.94. The predicted octanol–water partition coefficient (Wildman–Crippen LogP) is 6.04. The zero-order valence-corrected chi connectivity index (χ0v) is 15.0. The molecule has 128 valence electrons. The van der Waals surface area contributed by atoms with Crippen molar-refractivity contribution in [3.63, 3.8) is 0 Å². The van der Waals surface area contributed by atoms with Gasteiger partial charge in [0.15, 0.2) is 0 Å². The fraction of sp³-hybridized carbons (Fsp3) is 0.0455. The van der Waals surface area contributed by atoms with Crippen molar-refractivity contribution in [3.05, 3.63) is 89.7 Å². The molecule has 0 fully saturated rings. The van der Waals surface area contributed by atoms with E-state index in [4.69, 9.17) is 16.3 Å². The summed E-state index contributed by atoms with van der Waals surface area (Å²) in [6.45, 7) is 0. The first kappa shape index (κ1) is 16.4. The van der Waals surface area contributed by atoms with E-state index in [1.54, 1.807) is 13.2 Å². The van der Waals surface area contributed by atoms with Gasteiger partial charge in [-0.25, -0.2) is 0 Å². The molecule has 3 nitrogen and oxygen atoms in total. The SMILES string of the molecule is COc1ccc(N=Cc2cccn2-c2ccc3ccccc3c2)cc1Cl. The standard InChI is InChI=1S/C22H17ClN2O/c1-26-22-11-9-18(14-21(22)23)24-15-20-7-4-12-25(20)19-10-8-16-5-2-3-6-17(16)13-19/h2-15H,1H3. The van der Waals surface area contributed by atoms with Gasteiger partial charge < -0.3 is 9.30 Å². The van der Waals surface area contributed by atoms with E-state index in [0.717, 1.165) is 17.1 Å². The zero-order chi connectivity index (χ0) is 17.9. The molecule has 0 amide bonds. The van der Waals surface area contributed by atoms with Crippen LogP contribution in [0.5, 0.6) is 5.75 Å². The minimum absolute atomic E-state index is 0.548. The molecular weight excluding hydrogens is 344 g/mol. The second kappa shape index (κ2) is 7.06. The number of rotatable bonds is 4. The van der Waals surface area contributed by atoms with Crippen LogP contribution >= 0.6 is 11.6 Å². The molecule has 0 N–H and O–H groups in total. The van der Waals surface area contributed by atoms with Crippen molar-refractivity contribution in [2.24, 2.45) is 4.99 Å². The van der Waals surface area contributed by atoms with Gasteiger partial charge in [0.2, 0.25) is 0 Å². The first-order valence-corrected chi connectivity index (χ1v) is 8.66. The van der Waals surface area contributed by atoms with Gasteiger partial charge in [-0.1, -0.05) is 41.9 Å². The van der Waals surface area contributed by atoms with Crippen LogP contribution in [0.3, 0.4) is 0 Å². The van der Waals surface area contributed by atoms with Crippen LogP contribution in [0, 0.1) is 0 Å². The van der Waals surface area contributed by atoms with Gasteiger partial charge in [-0.3, -0.25) is 4.99 Å². The average Bonchev–Trinajstić information content (AvgIpc) is 3.14. The first-order chi connectivity index (χ1) is 12.7. The highest BCUT2D eigenvalue weighted by Crippen LogP contribution is 2.28. The van der Waals surface area contributed by atoms with E-state index in [0.29, 0.717) is 10.8 Å². The molecule has 0 spiro atoms. The van der Waals surface area contributed by atoms with Crippen LogP contribution in [-0.4, -0.2) is 17.9 Å². The molecule has 4 heteroatoms. The van der Waals surface area contributed by atoms with Crippen LogP contribution in [0.25, 0.3) is 16.5 Å². The Morgan fingerprint density at radius 1 is 0.923 bits per heavy atom. The number of hydrogen-bond donors (Lipinski definition) is 0. The lowest BCUT2D eigenvalue weighted by atomic mass is 10.1. The summed E-state index contributed by atoms with van der Waals surface area (Å²) in [5, 5.41) is 2.99. The molecule has 0 bridgehead atoms. The number of hydrogen-bond acceptors (Lipinski definition) is 2. The van der Waals surface area contributed by atoms with Crippen molar-refractivity contribution in [3.8, 4) is 11.4 Å². The number of fused-ring (bicyclic) bond motifs is 1. The van der Waals surface area contributed by atoms with E-state index < -0.39 is 0 Å². The second-order valence-electron chi connectivity index (χ2n) is 5.91. The van der Waals surface area contributed by atoms with E-state index in [9.17, 15) is 0 Å². The molecule has 4 aromatic rings. The number of aromatic nitrogens is 1. The molecule has 0 aliphatic rings. The van der Waals surface area contributed by atoms with Gasteiger partial charge in [0.05, 0.1) is 29.7 Å². The smallest absolute Gasteiger partial charge is 0.137 e. The highest BCUT2D eigenvalue weighted by atomic mass is 35.5. The molecule has 3 aromatic carbocycles. The Labute approximate surface area is 157 Å². The van der Waals surface area contributed by atoms with Crippen molar-refractivity contribution >= 4 is 34.3 Å². The lowest BCUT2D eigenvalue weighted by Crippen LogP contribution is -1.97. The third kappa shape index (κ3) is 3.22. The highest BCUT2D eigenvalue weighted by Gasteiger charge is 2.04. The fourth-order valence-corrected chi connectivity index (χ4v) is 3.19. The maximum Gasteiger partial charge on any atom is 0.137 e. The number of benzene rings is 3. The Bertz CT molecular complexity index is 1100.